The molecule has 0 saturated carbocycles. The third-order valence-electron chi connectivity index (χ3n) is 6.67. The minimum atomic E-state index is -0.649. The van der Waals surface area contributed by atoms with Crippen LogP contribution in [0.25, 0.3) is 0 Å². The number of rotatable bonds is 7. The Balaban J connectivity index is 1.83. The van der Waals surface area contributed by atoms with Gasteiger partial charge in [0.1, 0.15) is 18.2 Å². The number of nitrogens with zero attached hydrogens (tertiary/aromatic N) is 2. The second-order valence-electron chi connectivity index (χ2n) is 10.0. The SMILES string of the molecule is COCCN1C(N)=C(C#N)[C@H](c2cc(Br)ccc2OCc2ccc(Cl)c(Cl)c2)C2=C1CC(C)(C)CC2=O. The number of Topliss-reactive ketones (excluding diaryl/α,β-unsaturated/α-hetero) is 1. The molecule has 1 aliphatic carbocycles. The first-order valence-electron chi connectivity index (χ1n) is 11.8. The molecule has 9 heteroatoms. The van der Waals surface area contributed by atoms with Crippen molar-refractivity contribution in [1.82, 2.24) is 4.90 Å². The van der Waals surface area contributed by atoms with Crippen molar-refractivity contribution in [3.63, 3.8) is 0 Å². The quantitative estimate of drug-likeness (QED) is 0.377. The lowest BCUT2D eigenvalue weighted by Gasteiger charge is -2.44. The standard InChI is InChI=1S/C28H28BrCl2N3O3/c1-28(2)12-22-26(23(35)13-28)25(19(14-32)27(33)34(22)8-9-36-3)18-11-17(29)5-7-24(18)37-15-16-4-6-20(30)21(31)10-16/h4-7,10-11,25H,8-9,12-13,15,33H2,1-3H3/t25-/m0/s1. The molecule has 1 heterocycles. The largest absolute Gasteiger partial charge is 0.489 e. The molecular formula is C28H28BrCl2N3O3. The number of methoxy groups -OCH3 is 1. The van der Waals surface area contributed by atoms with E-state index < -0.39 is 5.92 Å². The molecule has 0 bridgehead atoms. The molecule has 2 aromatic carbocycles. The number of halogens is 3. The van der Waals surface area contributed by atoms with Crippen molar-refractivity contribution >= 4 is 44.9 Å². The highest BCUT2D eigenvalue weighted by Gasteiger charge is 2.45. The fourth-order valence-corrected chi connectivity index (χ4v) is 5.69. The highest BCUT2D eigenvalue weighted by Crippen LogP contribution is 2.50. The fraction of sp³-hybridized carbons (Fsp3) is 0.357. The summed E-state index contributed by atoms with van der Waals surface area (Å²) in [4.78, 5) is 15.6. The first-order chi connectivity index (χ1) is 17.6. The molecule has 0 amide bonds. The van der Waals surface area contributed by atoms with E-state index in [0.29, 0.717) is 64.3 Å². The van der Waals surface area contributed by atoms with Gasteiger partial charge in [-0.2, -0.15) is 5.26 Å². The Labute approximate surface area is 235 Å². The number of allylic oxidation sites excluding steroid dienone is 3. The minimum Gasteiger partial charge on any atom is -0.489 e. The van der Waals surface area contributed by atoms with E-state index in [4.69, 9.17) is 38.4 Å². The molecule has 0 radical (unpaired) electrons. The number of nitriles is 1. The zero-order chi connectivity index (χ0) is 26.9. The molecule has 37 heavy (non-hydrogen) atoms. The van der Waals surface area contributed by atoms with Crippen molar-refractivity contribution in [2.75, 3.05) is 20.3 Å². The molecule has 1 atom stereocenters. The minimum absolute atomic E-state index is 0.00863. The first-order valence-corrected chi connectivity index (χ1v) is 13.4. The van der Waals surface area contributed by atoms with E-state index in [1.165, 1.54) is 0 Å². The van der Waals surface area contributed by atoms with Crippen LogP contribution >= 0.6 is 39.1 Å². The number of carbonyl (C=O) groups excluding carboxylic acids is 1. The summed E-state index contributed by atoms with van der Waals surface area (Å²) in [6.45, 7) is 5.23. The predicted octanol–water partition coefficient (Wildman–Crippen LogP) is 6.72. The van der Waals surface area contributed by atoms with Gasteiger partial charge in [0.15, 0.2) is 5.78 Å². The van der Waals surface area contributed by atoms with Gasteiger partial charge in [-0.15, -0.1) is 0 Å². The van der Waals surface area contributed by atoms with E-state index in [0.717, 1.165) is 15.7 Å². The van der Waals surface area contributed by atoms with Gasteiger partial charge in [0.05, 0.1) is 34.2 Å². The number of hydrogen-bond donors (Lipinski definition) is 1. The molecule has 2 N–H and O–H groups in total. The van der Waals surface area contributed by atoms with Gasteiger partial charge in [0, 0.05) is 41.4 Å². The molecule has 1 aliphatic heterocycles. The maximum atomic E-state index is 13.7. The lowest BCUT2D eigenvalue weighted by Crippen LogP contribution is -2.43. The molecule has 4 rings (SSSR count). The number of hydrogen-bond acceptors (Lipinski definition) is 6. The van der Waals surface area contributed by atoms with Crippen molar-refractivity contribution < 1.29 is 14.3 Å². The van der Waals surface area contributed by atoms with Crippen LogP contribution in [-0.2, 0) is 16.1 Å². The summed E-state index contributed by atoms with van der Waals surface area (Å²) >= 11 is 15.8. The van der Waals surface area contributed by atoms with Crippen LogP contribution in [0.3, 0.4) is 0 Å². The Kier molecular flexibility index (Phi) is 8.25. The van der Waals surface area contributed by atoms with Crippen molar-refractivity contribution in [3.8, 4) is 11.8 Å². The normalized spacial score (nSPS) is 19.1. The Hall–Kier alpha value is -2.50. The molecule has 6 nitrogen and oxygen atoms in total. The summed E-state index contributed by atoms with van der Waals surface area (Å²) in [6, 6.07) is 13.2. The average Bonchev–Trinajstić information content (AvgIpc) is 2.83. The number of carbonyl (C=O) groups is 1. The highest BCUT2D eigenvalue weighted by molar-refractivity contribution is 9.10. The second kappa shape index (κ2) is 11.1. The Morgan fingerprint density at radius 1 is 1.19 bits per heavy atom. The van der Waals surface area contributed by atoms with Gasteiger partial charge in [-0.25, -0.2) is 0 Å². The maximum Gasteiger partial charge on any atom is 0.162 e. The third kappa shape index (κ3) is 5.68. The molecule has 0 fully saturated rings. The first kappa shape index (κ1) is 27.5. The Morgan fingerprint density at radius 2 is 1.95 bits per heavy atom. The van der Waals surface area contributed by atoms with E-state index in [2.05, 4.69) is 35.8 Å². The van der Waals surface area contributed by atoms with Crippen LogP contribution in [0.2, 0.25) is 10.0 Å². The van der Waals surface area contributed by atoms with Crippen LogP contribution in [0, 0.1) is 16.7 Å². The van der Waals surface area contributed by atoms with Gasteiger partial charge in [0.2, 0.25) is 0 Å². The van der Waals surface area contributed by atoms with Gasteiger partial charge in [-0.3, -0.25) is 4.79 Å². The number of benzene rings is 2. The van der Waals surface area contributed by atoms with Crippen molar-refractivity contribution in [2.45, 2.75) is 39.2 Å². The summed E-state index contributed by atoms with van der Waals surface area (Å²) in [7, 11) is 1.61. The van der Waals surface area contributed by atoms with E-state index in [9.17, 15) is 10.1 Å². The molecule has 194 valence electrons. The number of nitrogens with two attached hydrogens (primary N) is 1. The van der Waals surface area contributed by atoms with Gasteiger partial charge < -0.3 is 20.1 Å². The summed E-state index contributed by atoms with van der Waals surface area (Å²) in [6.07, 6.45) is 1.04. The summed E-state index contributed by atoms with van der Waals surface area (Å²) in [5.74, 6) is 0.247. The molecular weight excluding hydrogens is 577 g/mol. The summed E-state index contributed by atoms with van der Waals surface area (Å²) in [5.41, 5.74) is 9.68. The summed E-state index contributed by atoms with van der Waals surface area (Å²) in [5, 5.41) is 11.2. The topological polar surface area (TPSA) is 88.6 Å². The lowest BCUT2D eigenvalue weighted by atomic mass is 9.68. The number of ether oxygens (including phenoxy) is 2. The van der Waals surface area contributed by atoms with Crippen LogP contribution < -0.4 is 10.5 Å². The smallest absolute Gasteiger partial charge is 0.162 e. The van der Waals surface area contributed by atoms with Crippen molar-refractivity contribution in [1.29, 1.82) is 5.26 Å². The molecule has 0 saturated heterocycles. The maximum absolute atomic E-state index is 13.7. The zero-order valence-corrected chi connectivity index (χ0v) is 24.0. The van der Waals surface area contributed by atoms with Gasteiger partial charge >= 0.3 is 0 Å². The molecule has 2 aromatic rings. The van der Waals surface area contributed by atoms with Gasteiger partial charge in [0.25, 0.3) is 0 Å². The molecule has 0 aromatic heterocycles. The Morgan fingerprint density at radius 3 is 2.62 bits per heavy atom. The predicted molar refractivity (Wildman–Crippen MR) is 148 cm³/mol. The number of ketones is 1. The van der Waals surface area contributed by atoms with E-state index in [-0.39, 0.29) is 17.8 Å². The van der Waals surface area contributed by atoms with Crippen LogP contribution in [0.15, 0.2) is 63.5 Å². The molecule has 2 aliphatic rings. The van der Waals surface area contributed by atoms with E-state index in [1.54, 1.807) is 19.2 Å². The van der Waals surface area contributed by atoms with E-state index in [1.807, 2.05) is 29.2 Å². The van der Waals surface area contributed by atoms with Crippen LogP contribution in [0.5, 0.6) is 5.75 Å². The molecule has 0 spiro atoms. The van der Waals surface area contributed by atoms with Gasteiger partial charge in [-0.1, -0.05) is 59.0 Å². The van der Waals surface area contributed by atoms with Crippen LogP contribution in [0.4, 0.5) is 0 Å². The average molecular weight is 605 g/mol. The van der Waals surface area contributed by atoms with Crippen LogP contribution in [0.1, 0.15) is 43.7 Å². The van der Waals surface area contributed by atoms with E-state index >= 15 is 0 Å². The second-order valence-corrected chi connectivity index (χ2v) is 11.7. The monoisotopic (exact) mass is 603 g/mol. The fourth-order valence-electron chi connectivity index (χ4n) is 4.99. The Bertz CT molecular complexity index is 1350. The van der Waals surface area contributed by atoms with Crippen molar-refractivity contribution in [3.05, 3.63) is 84.7 Å². The van der Waals surface area contributed by atoms with Crippen LogP contribution in [-0.4, -0.2) is 30.9 Å². The third-order valence-corrected chi connectivity index (χ3v) is 7.90. The zero-order valence-electron chi connectivity index (χ0n) is 20.9. The molecule has 0 unspecified atom stereocenters. The summed E-state index contributed by atoms with van der Waals surface area (Å²) < 4.78 is 12.3. The lowest BCUT2D eigenvalue weighted by molar-refractivity contribution is -0.118. The van der Waals surface area contributed by atoms with Gasteiger partial charge in [-0.05, 0) is 47.7 Å². The van der Waals surface area contributed by atoms with Crippen molar-refractivity contribution in [2.24, 2.45) is 11.1 Å². The highest BCUT2D eigenvalue weighted by atomic mass is 79.9.